The molecule has 3 rings (SSSR count). The van der Waals surface area contributed by atoms with Crippen molar-refractivity contribution in [2.45, 2.75) is 19.1 Å². The van der Waals surface area contributed by atoms with Crippen molar-refractivity contribution in [2.75, 3.05) is 0 Å². The van der Waals surface area contributed by atoms with Crippen molar-refractivity contribution in [1.82, 2.24) is 5.32 Å². The Bertz CT molecular complexity index is 975. The lowest BCUT2D eigenvalue weighted by Gasteiger charge is -2.16. The van der Waals surface area contributed by atoms with Crippen molar-refractivity contribution >= 4 is 27.7 Å². The van der Waals surface area contributed by atoms with Gasteiger partial charge >= 0.3 is 0 Å². The topological polar surface area (TPSA) is 81.4 Å². The smallest absolute Gasteiger partial charge is 0.251 e. The zero-order chi connectivity index (χ0) is 20.6. The summed E-state index contributed by atoms with van der Waals surface area (Å²) >= 11 is 3.33. The summed E-state index contributed by atoms with van der Waals surface area (Å²) in [5.74, 6) is -0.206. The zero-order valence-corrected chi connectivity index (χ0v) is 17.3. The van der Waals surface area contributed by atoms with Gasteiger partial charge in [-0.25, -0.2) is 0 Å². The maximum Gasteiger partial charge on any atom is 0.251 e. The minimum Gasteiger partial charge on any atom is -0.489 e. The third kappa shape index (κ3) is 6.19. The number of hydrogen-bond acceptors (Lipinski definition) is 3. The minimum absolute atomic E-state index is 0.300. The summed E-state index contributed by atoms with van der Waals surface area (Å²) in [5, 5.41) is 2.70. The normalized spacial score (nSPS) is 11.5. The molecule has 0 aromatic heterocycles. The van der Waals surface area contributed by atoms with Crippen LogP contribution in [-0.2, 0) is 17.8 Å². The molecule has 0 radical (unpaired) electrons. The van der Waals surface area contributed by atoms with E-state index in [1.54, 1.807) is 18.2 Å². The number of amides is 2. The highest BCUT2D eigenvalue weighted by atomic mass is 79.9. The monoisotopic (exact) mass is 452 g/mol. The second kappa shape index (κ2) is 9.89. The van der Waals surface area contributed by atoms with Gasteiger partial charge in [0.25, 0.3) is 5.91 Å². The summed E-state index contributed by atoms with van der Waals surface area (Å²) in [5.41, 5.74) is 7.90. The molecule has 0 saturated carbocycles. The van der Waals surface area contributed by atoms with Crippen LogP contribution in [0, 0.1) is 0 Å². The Morgan fingerprint density at radius 1 is 0.931 bits per heavy atom. The molecule has 0 unspecified atom stereocenters. The fourth-order valence-corrected chi connectivity index (χ4v) is 3.19. The molecule has 29 heavy (non-hydrogen) atoms. The maximum atomic E-state index is 12.4. The summed E-state index contributed by atoms with van der Waals surface area (Å²) in [6.45, 7) is 0.479. The Morgan fingerprint density at radius 2 is 1.66 bits per heavy atom. The van der Waals surface area contributed by atoms with Crippen LogP contribution in [0.25, 0.3) is 0 Å². The molecule has 148 valence electrons. The standard InChI is InChI=1S/C23H21BrN2O3/c24-19-8-4-7-18(14-19)23(28)26-21(22(25)27)13-16-9-11-20(12-10-16)29-15-17-5-2-1-3-6-17/h1-12,14,21H,13,15H2,(H2,25,27)(H,26,28)/t21-/m0/s1. The van der Waals surface area contributed by atoms with Gasteiger partial charge in [-0.2, -0.15) is 0 Å². The van der Waals surface area contributed by atoms with Crippen LogP contribution in [-0.4, -0.2) is 17.9 Å². The van der Waals surface area contributed by atoms with Crippen molar-refractivity contribution in [3.8, 4) is 5.75 Å². The number of nitrogens with one attached hydrogen (secondary N) is 1. The van der Waals surface area contributed by atoms with Crippen molar-refractivity contribution in [3.05, 3.63) is 100 Å². The van der Waals surface area contributed by atoms with Crippen LogP contribution in [0.2, 0.25) is 0 Å². The third-order valence-corrected chi connectivity index (χ3v) is 4.84. The molecule has 3 N–H and O–H groups in total. The lowest BCUT2D eigenvalue weighted by atomic mass is 10.0. The van der Waals surface area contributed by atoms with E-state index >= 15 is 0 Å². The van der Waals surface area contributed by atoms with E-state index in [1.165, 1.54) is 0 Å². The van der Waals surface area contributed by atoms with E-state index in [2.05, 4.69) is 21.2 Å². The van der Waals surface area contributed by atoms with Crippen LogP contribution in [0.15, 0.2) is 83.3 Å². The lowest BCUT2D eigenvalue weighted by molar-refractivity contribution is -0.119. The Labute approximate surface area is 178 Å². The molecule has 0 fully saturated rings. The quantitative estimate of drug-likeness (QED) is 0.544. The van der Waals surface area contributed by atoms with E-state index in [0.717, 1.165) is 21.3 Å². The second-order valence-corrected chi connectivity index (χ2v) is 7.48. The third-order valence-electron chi connectivity index (χ3n) is 4.35. The number of carbonyl (C=O) groups is 2. The fourth-order valence-electron chi connectivity index (χ4n) is 2.79. The number of nitrogens with two attached hydrogens (primary N) is 1. The number of primary amides is 1. The maximum absolute atomic E-state index is 12.4. The zero-order valence-electron chi connectivity index (χ0n) is 15.7. The van der Waals surface area contributed by atoms with Gasteiger partial charge in [-0.1, -0.05) is 64.5 Å². The first-order chi connectivity index (χ1) is 14.0. The van der Waals surface area contributed by atoms with Crippen LogP contribution in [0.5, 0.6) is 5.75 Å². The first-order valence-corrected chi connectivity index (χ1v) is 9.92. The summed E-state index contributed by atoms with van der Waals surface area (Å²) < 4.78 is 6.55. The van der Waals surface area contributed by atoms with Crippen molar-refractivity contribution in [1.29, 1.82) is 0 Å². The van der Waals surface area contributed by atoms with E-state index in [4.69, 9.17) is 10.5 Å². The van der Waals surface area contributed by atoms with Gasteiger partial charge in [-0.3, -0.25) is 9.59 Å². The van der Waals surface area contributed by atoms with Crippen molar-refractivity contribution in [2.24, 2.45) is 5.73 Å². The molecule has 0 aliphatic heterocycles. The predicted octanol–water partition coefficient (Wildman–Crippen LogP) is 3.85. The van der Waals surface area contributed by atoms with Gasteiger partial charge in [0.05, 0.1) is 0 Å². The molecule has 0 aliphatic carbocycles. The number of carbonyl (C=O) groups excluding carboxylic acids is 2. The summed E-state index contributed by atoms with van der Waals surface area (Å²) in [4.78, 5) is 24.3. The first kappa shape index (κ1) is 20.6. The summed E-state index contributed by atoms with van der Waals surface area (Å²) in [7, 11) is 0. The number of benzene rings is 3. The second-order valence-electron chi connectivity index (χ2n) is 6.56. The molecule has 0 spiro atoms. The highest BCUT2D eigenvalue weighted by Gasteiger charge is 2.19. The molecule has 3 aromatic rings. The predicted molar refractivity (Wildman–Crippen MR) is 116 cm³/mol. The van der Waals surface area contributed by atoms with Gasteiger partial charge < -0.3 is 15.8 Å². The molecule has 2 amide bonds. The molecule has 3 aromatic carbocycles. The Balaban J connectivity index is 1.60. The average Bonchev–Trinajstić information content (AvgIpc) is 2.73. The summed E-state index contributed by atoms with van der Waals surface area (Å²) in [6.07, 6.45) is 0.300. The molecule has 0 heterocycles. The van der Waals surface area contributed by atoms with Crippen LogP contribution in [0.4, 0.5) is 0 Å². The van der Waals surface area contributed by atoms with E-state index in [-0.39, 0.29) is 5.91 Å². The Kier molecular flexibility index (Phi) is 7.03. The van der Waals surface area contributed by atoms with Gasteiger partial charge in [-0.15, -0.1) is 0 Å². The van der Waals surface area contributed by atoms with Crippen LogP contribution in [0.1, 0.15) is 21.5 Å². The number of ether oxygens (including phenoxy) is 1. The van der Waals surface area contributed by atoms with E-state index in [1.807, 2.05) is 60.7 Å². The number of hydrogen-bond donors (Lipinski definition) is 2. The van der Waals surface area contributed by atoms with Gasteiger partial charge in [0.2, 0.25) is 5.91 Å². The van der Waals surface area contributed by atoms with Crippen LogP contribution < -0.4 is 15.8 Å². The first-order valence-electron chi connectivity index (χ1n) is 9.12. The molecular weight excluding hydrogens is 432 g/mol. The molecule has 6 heteroatoms. The van der Waals surface area contributed by atoms with Gasteiger partial charge in [0.1, 0.15) is 18.4 Å². The molecule has 0 saturated heterocycles. The van der Waals surface area contributed by atoms with Gasteiger partial charge in [0, 0.05) is 16.5 Å². The van der Waals surface area contributed by atoms with Crippen molar-refractivity contribution in [3.63, 3.8) is 0 Å². The summed E-state index contributed by atoms with van der Waals surface area (Å²) in [6, 6.07) is 23.4. The highest BCUT2D eigenvalue weighted by molar-refractivity contribution is 9.10. The van der Waals surface area contributed by atoms with E-state index in [0.29, 0.717) is 18.6 Å². The van der Waals surface area contributed by atoms with E-state index < -0.39 is 11.9 Å². The van der Waals surface area contributed by atoms with Crippen LogP contribution in [0.3, 0.4) is 0 Å². The van der Waals surface area contributed by atoms with Gasteiger partial charge in [0.15, 0.2) is 0 Å². The Morgan fingerprint density at radius 3 is 2.31 bits per heavy atom. The fraction of sp³-hybridized carbons (Fsp3) is 0.130. The van der Waals surface area contributed by atoms with Crippen molar-refractivity contribution < 1.29 is 14.3 Å². The largest absolute Gasteiger partial charge is 0.489 e. The molecule has 0 aliphatic rings. The Hall–Kier alpha value is -3.12. The van der Waals surface area contributed by atoms with Gasteiger partial charge in [-0.05, 0) is 41.5 Å². The molecule has 0 bridgehead atoms. The number of rotatable bonds is 8. The molecular formula is C23H21BrN2O3. The van der Waals surface area contributed by atoms with Crippen LogP contribution >= 0.6 is 15.9 Å². The minimum atomic E-state index is -0.808. The molecule has 1 atom stereocenters. The number of halogens is 1. The SMILES string of the molecule is NC(=O)[C@H](Cc1ccc(OCc2ccccc2)cc1)NC(=O)c1cccc(Br)c1. The lowest BCUT2D eigenvalue weighted by Crippen LogP contribution is -2.45. The molecule has 5 nitrogen and oxygen atoms in total. The highest BCUT2D eigenvalue weighted by Crippen LogP contribution is 2.16. The van der Waals surface area contributed by atoms with E-state index in [9.17, 15) is 9.59 Å². The average molecular weight is 453 g/mol.